The van der Waals surface area contributed by atoms with Gasteiger partial charge in [-0.3, -0.25) is 0 Å². The second kappa shape index (κ2) is 8.33. The monoisotopic (exact) mass is 415 g/mol. The summed E-state index contributed by atoms with van der Waals surface area (Å²) >= 11 is 6.13. The number of anilines is 1. The Morgan fingerprint density at radius 1 is 1.00 bits per heavy atom. The summed E-state index contributed by atoms with van der Waals surface area (Å²) < 4.78 is 40.0. The molecule has 0 aliphatic heterocycles. The molecule has 0 bridgehead atoms. The number of rotatable bonds is 5. The first-order valence-corrected chi connectivity index (χ1v) is 8.86. The van der Waals surface area contributed by atoms with E-state index in [2.05, 4.69) is 4.98 Å². The highest BCUT2D eigenvalue weighted by molar-refractivity contribution is 6.33. The van der Waals surface area contributed by atoms with Crippen molar-refractivity contribution in [2.75, 3.05) is 19.0 Å². The molecule has 1 heterocycles. The van der Waals surface area contributed by atoms with Crippen LogP contribution in [0.2, 0.25) is 5.02 Å². The van der Waals surface area contributed by atoms with Crippen LogP contribution in [0.3, 0.4) is 0 Å². The maximum Gasteiger partial charge on any atom is 0.259 e. The van der Waals surface area contributed by atoms with Crippen LogP contribution in [-0.4, -0.2) is 19.1 Å². The van der Waals surface area contributed by atoms with Crippen LogP contribution in [0.15, 0.2) is 42.5 Å². The van der Waals surface area contributed by atoms with Gasteiger partial charge in [-0.05, 0) is 37.3 Å². The number of halogens is 3. The molecular formula is C21H16ClF2N3O2. The summed E-state index contributed by atoms with van der Waals surface area (Å²) in [5, 5.41) is 9.47. The van der Waals surface area contributed by atoms with E-state index in [4.69, 9.17) is 26.3 Å². The van der Waals surface area contributed by atoms with Gasteiger partial charge in [0.05, 0.1) is 22.3 Å². The van der Waals surface area contributed by atoms with Crippen LogP contribution in [0.5, 0.6) is 23.3 Å². The van der Waals surface area contributed by atoms with E-state index >= 15 is 0 Å². The summed E-state index contributed by atoms with van der Waals surface area (Å²) in [5.41, 5.74) is 0.687. The van der Waals surface area contributed by atoms with Gasteiger partial charge in [-0.25, -0.2) is 8.78 Å². The zero-order valence-electron chi connectivity index (χ0n) is 15.8. The summed E-state index contributed by atoms with van der Waals surface area (Å²) in [7, 11) is 3.60. The molecule has 0 aliphatic carbocycles. The smallest absolute Gasteiger partial charge is 0.259 e. The zero-order chi connectivity index (χ0) is 21.1. The molecule has 8 heteroatoms. The molecule has 0 aliphatic rings. The van der Waals surface area contributed by atoms with Gasteiger partial charge in [0.15, 0.2) is 11.6 Å². The number of nitriles is 1. The number of hydrogen-bond acceptors (Lipinski definition) is 5. The van der Waals surface area contributed by atoms with Crippen LogP contribution in [-0.2, 0) is 0 Å². The fraction of sp³-hybridized carbons (Fsp3) is 0.143. The molecule has 0 saturated carbocycles. The number of pyridine rings is 1. The Morgan fingerprint density at radius 2 is 1.62 bits per heavy atom. The molecule has 3 rings (SSSR count). The average molecular weight is 416 g/mol. The Balaban J connectivity index is 1.98. The predicted molar refractivity (Wildman–Crippen MR) is 106 cm³/mol. The van der Waals surface area contributed by atoms with Gasteiger partial charge in [0.25, 0.3) is 11.8 Å². The van der Waals surface area contributed by atoms with E-state index in [0.717, 1.165) is 0 Å². The number of benzene rings is 2. The largest absolute Gasteiger partial charge is 0.436 e. The average Bonchev–Trinajstić information content (AvgIpc) is 2.71. The third kappa shape index (κ3) is 4.39. The summed E-state index contributed by atoms with van der Waals surface area (Å²) in [6.45, 7) is 1.25. The van der Waals surface area contributed by atoms with Gasteiger partial charge in [-0.1, -0.05) is 17.7 Å². The molecule has 0 spiro atoms. The van der Waals surface area contributed by atoms with Crippen molar-refractivity contribution in [3.63, 3.8) is 0 Å². The zero-order valence-corrected chi connectivity index (χ0v) is 16.6. The van der Waals surface area contributed by atoms with E-state index in [1.807, 2.05) is 6.07 Å². The maximum absolute atomic E-state index is 14.6. The van der Waals surface area contributed by atoms with Crippen molar-refractivity contribution in [3.8, 4) is 29.3 Å². The quantitative estimate of drug-likeness (QED) is 0.523. The van der Waals surface area contributed by atoms with Crippen LogP contribution in [0, 0.1) is 29.9 Å². The van der Waals surface area contributed by atoms with Crippen molar-refractivity contribution in [1.29, 1.82) is 5.26 Å². The first-order valence-electron chi connectivity index (χ1n) is 8.48. The van der Waals surface area contributed by atoms with E-state index in [-0.39, 0.29) is 17.1 Å². The van der Waals surface area contributed by atoms with Crippen LogP contribution < -0.4 is 14.4 Å². The normalized spacial score (nSPS) is 10.4. The molecule has 0 radical (unpaired) electrons. The molecule has 1 aromatic heterocycles. The standard InChI is InChI=1S/C21H16ClF2N3O2/c1-12-18(23)20(28-14-6-4-5-13(9-14)11-25)26-21(19(12)24)29-15-7-8-16(22)17(10-15)27(2)3/h4-10H,1-3H3. The lowest BCUT2D eigenvalue weighted by Gasteiger charge is -2.16. The number of ether oxygens (including phenoxy) is 2. The van der Waals surface area contributed by atoms with E-state index in [1.165, 1.54) is 19.1 Å². The SMILES string of the molecule is Cc1c(F)c(Oc2cccc(C#N)c2)nc(Oc2ccc(Cl)c(N(C)C)c2)c1F. The van der Waals surface area contributed by atoms with Crippen LogP contribution in [0.25, 0.3) is 0 Å². The third-order valence-electron chi connectivity index (χ3n) is 4.03. The van der Waals surface area contributed by atoms with E-state index in [0.29, 0.717) is 16.3 Å². The van der Waals surface area contributed by atoms with Crippen LogP contribution in [0.1, 0.15) is 11.1 Å². The van der Waals surface area contributed by atoms with E-state index < -0.39 is 23.4 Å². The molecule has 2 aromatic carbocycles. The van der Waals surface area contributed by atoms with E-state index in [1.54, 1.807) is 49.3 Å². The number of aromatic nitrogens is 1. The lowest BCUT2D eigenvalue weighted by molar-refractivity contribution is 0.373. The number of hydrogen-bond donors (Lipinski definition) is 0. The summed E-state index contributed by atoms with van der Waals surface area (Å²) in [4.78, 5) is 5.62. The van der Waals surface area contributed by atoms with E-state index in [9.17, 15) is 8.78 Å². The van der Waals surface area contributed by atoms with Gasteiger partial charge < -0.3 is 14.4 Å². The van der Waals surface area contributed by atoms with Crippen molar-refractivity contribution in [1.82, 2.24) is 4.98 Å². The fourth-order valence-corrected chi connectivity index (χ4v) is 2.78. The Kier molecular flexibility index (Phi) is 5.85. The third-order valence-corrected chi connectivity index (χ3v) is 4.35. The minimum Gasteiger partial charge on any atom is -0.436 e. The Bertz CT molecular complexity index is 1110. The highest BCUT2D eigenvalue weighted by atomic mass is 35.5. The highest BCUT2D eigenvalue weighted by Gasteiger charge is 2.21. The van der Waals surface area contributed by atoms with Crippen LogP contribution >= 0.6 is 11.6 Å². The Labute approximate surface area is 171 Å². The molecule has 0 saturated heterocycles. The highest BCUT2D eigenvalue weighted by Crippen LogP contribution is 2.35. The minimum atomic E-state index is -0.956. The van der Waals surface area contributed by atoms with Gasteiger partial charge in [-0.2, -0.15) is 10.2 Å². The molecule has 0 amide bonds. The van der Waals surface area contributed by atoms with Crippen LogP contribution in [0.4, 0.5) is 14.5 Å². The second-order valence-electron chi connectivity index (χ2n) is 6.33. The topological polar surface area (TPSA) is 58.4 Å². The Hall–Kier alpha value is -3.37. The van der Waals surface area contributed by atoms with Gasteiger partial charge in [0.1, 0.15) is 11.5 Å². The summed E-state index contributed by atoms with van der Waals surface area (Å²) in [6, 6.07) is 12.8. The first kappa shape index (κ1) is 20.4. The molecule has 29 heavy (non-hydrogen) atoms. The Morgan fingerprint density at radius 3 is 2.21 bits per heavy atom. The van der Waals surface area contributed by atoms with Crippen molar-refractivity contribution in [3.05, 3.63) is 70.2 Å². The van der Waals surface area contributed by atoms with Crippen molar-refractivity contribution < 1.29 is 18.3 Å². The summed E-state index contributed by atoms with van der Waals surface area (Å²) in [5.74, 6) is -2.34. The second-order valence-corrected chi connectivity index (χ2v) is 6.73. The van der Waals surface area contributed by atoms with Gasteiger partial charge in [0.2, 0.25) is 0 Å². The fourth-order valence-electron chi connectivity index (χ4n) is 2.49. The van der Waals surface area contributed by atoms with Crippen molar-refractivity contribution >= 4 is 17.3 Å². The first-order chi connectivity index (χ1) is 13.8. The molecule has 0 atom stereocenters. The minimum absolute atomic E-state index is 0.189. The predicted octanol–water partition coefficient (Wildman–Crippen LogP) is 5.84. The van der Waals surface area contributed by atoms with Crippen molar-refractivity contribution in [2.24, 2.45) is 0 Å². The molecule has 0 unspecified atom stereocenters. The molecule has 5 nitrogen and oxygen atoms in total. The van der Waals surface area contributed by atoms with Gasteiger partial charge in [-0.15, -0.1) is 0 Å². The lowest BCUT2D eigenvalue weighted by Crippen LogP contribution is -2.09. The van der Waals surface area contributed by atoms with Crippen molar-refractivity contribution in [2.45, 2.75) is 6.92 Å². The molecular weight excluding hydrogens is 400 g/mol. The molecule has 0 fully saturated rings. The molecule has 3 aromatic rings. The van der Waals surface area contributed by atoms with Gasteiger partial charge in [0, 0.05) is 25.7 Å². The van der Waals surface area contributed by atoms with Gasteiger partial charge >= 0.3 is 0 Å². The molecule has 148 valence electrons. The maximum atomic E-state index is 14.6. The lowest BCUT2D eigenvalue weighted by atomic mass is 10.2. The summed E-state index contributed by atoms with van der Waals surface area (Å²) in [6.07, 6.45) is 0. The number of nitrogens with zero attached hydrogens (tertiary/aromatic N) is 3. The molecule has 0 N–H and O–H groups in total.